The first-order valence-electron chi connectivity index (χ1n) is 8.83. The van der Waals surface area contributed by atoms with E-state index in [0.717, 1.165) is 31.7 Å². The maximum atomic E-state index is 11.9. The van der Waals surface area contributed by atoms with Gasteiger partial charge in [0.05, 0.1) is 7.11 Å². The van der Waals surface area contributed by atoms with Crippen molar-refractivity contribution in [3.05, 3.63) is 29.8 Å². The van der Waals surface area contributed by atoms with Crippen LogP contribution in [0, 0.1) is 0 Å². The van der Waals surface area contributed by atoms with Gasteiger partial charge in [0, 0.05) is 32.1 Å². The van der Waals surface area contributed by atoms with E-state index in [2.05, 4.69) is 21.9 Å². The second-order valence-corrected chi connectivity index (χ2v) is 6.77. The lowest BCUT2D eigenvalue weighted by molar-refractivity contribution is -0.130. The van der Waals surface area contributed by atoms with Crippen molar-refractivity contribution < 1.29 is 9.53 Å². The number of carbonyl (C=O) groups excluding carboxylic acids is 1. The van der Waals surface area contributed by atoms with Crippen molar-refractivity contribution in [2.45, 2.75) is 51.1 Å². The Balaban J connectivity index is 1.59. The van der Waals surface area contributed by atoms with E-state index in [1.165, 1.54) is 31.4 Å². The Morgan fingerprint density at radius 1 is 1.13 bits per heavy atom. The molecule has 1 aromatic rings. The molecule has 2 atom stereocenters. The summed E-state index contributed by atoms with van der Waals surface area (Å²) in [5, 5.41) is 0. The van der Waals surface area contributed by atoms with Crippen LogP contribution in [0.3, 0.4) is 0 Å². The standard InChI is InChI=1S/C19H28N2O2/c1-15(22)21-13-4-6-19(21)18-5-3-12-20(18)14-11-16-7-9-17(23-2)10-8-16/h7-10,18-19H,3-6,11-14H2,1-2H3/t18-,19+/m1/s1. The summed E-state index contributed by atoms with van der Waals surface area (Å²) in [5.41, 5.74) is 1.35. The third kappa shape index (κ3) is 3.69. The Kier molecular flexibility index (Phi) is 5.21. The molecule has 4 nitrogen and oxygen atoms in total. The van der Waals surface area contributed by atoms with Crippen LogP contribution in [0.25, 0.3) is 0 Å². The summed E-state index contributed by atoms with van der Waals surface area (Å²) in [6.45, 7) is 4.92. The summed E-state index contributed by atoms with van der Waals surface area (Å²) in [5.74, 6) is 1.16. The molecular weight excluding hydrogens is 288 g/mol. The number of benzene rings is 1. The van der Waals surface area contributed by atoms with Gasteiger partial charge in [-0.3, -0.25) is 9.69 Å². The molecule has 23 heavy (non-hydrogen) atoms. The summed E-state index contributed by atoms with van der Waals surface area (Å²) in [7, 11) is 1.70. The third-order valence-electron chi connectivity index (χ3n) is 5.41. The highest BCUT2D eigenvalue weighted by Crippen LogP contribution is 2.30. The van der Waals surface area contributed by atoms with E-state index in [-0.39, 0.29) is 5.91 Å². The van der Waals surface area contributed by atoms with Gasteiger partial charge in [0.15, 0.2) is 0 Å². The molecule has 2 saturated heterocycles. The number of amides is 1. The van der Waals surface area contributed by atoms with Crippen LogP contribution in [-0.2, 0) is 11.2 Å². The lowest BCUT2D eigenvalue weighted by Crippen LogP contribution is -2.48. The minimum atomic E-state index is 0.245. The van der Waals surface area contributed by atoms with E-state index in [1.807, 2.05) is 12.1 Å². The van der Waals surface area contributed by atoms with E-state index >= 15 is 0 Å². The molecule has 2 aliphatic rings. The smallest absolute Gasteiger partial charge is 0.219 e. The number of methoxy groups -OCH3 is 1. The first-order chi connectivity index (χ1) is 11.2. The molecule has 0 unspecified atom stereocenters. The van der Waals surface area contributed by atoms with Crippen LogP contribution in [-0.4, -0.2) is 54.5 Å². The minimum Gasteiger partial charge on any atom is -0.497 e. The SMILES string of the molecule is COc1ccc(CCN2CCC[C@@H]2[C@@H]2CCCN2C(C)=O)cc1. The molecule has 3 rings (SSSR count). The number of nitrogens with zero attached hydrogens (tertiary/aromatic N) is 2. The number of ether oxygens (including phenoxy) is 1. The maximum absolute atomic E-state index is 11.9. The Labute approximate surface area is 139 Å². The van der Waals surface area contributed by atoms with Crippen LogP contribution in [0.4, 0.5) is 0 Å². The molecule has 0 bridgehead atoms. The number of hydrogen-bond donors (Lipinski definition) is 0. The van der Waals surface area contributed by atoms with Crippen molar-refractivity contribution in [1.82, 2.24) is 9.80 Å². The number of rotatable bonds is 5. The molecular formula is C19H28N2O2. The largest absolute Gasteiger partial charge is 0.497 e. The van der Waals surface area contributed by atoms with Crippen LogP contribution >= 0.6 is 0 Å². The van der Waals surface area contributed by atoms with Crippen LogP contribution in [0.15, 0.2) is 24.3 Å². The second-order valence-electron chi connectivity index (χ2n) is 6.77. The first kappa shape index (κ1) is 16.3. The van der Waals surface area contributed by atoms with E-state index in [9.17, 15) is 4.79 Å². The van der Waals surface area contributed by atoms with Crippen LogP contribution in [0.1, 0.15) is 38.2 Å². The van der Waals surface area contributed by atoms with E-state index in [0.29, 0.717) is 12.1 Å². The van der Waals surface area contributed by atoms with Crippen LogP contribution in [0.5, 0.6) is 5.75 Å². The predicted octanol–water partition coefficient (Wildman–Crippen LogP) is 2.71. The summed E-state index contributed by atoms with van der Waals surface area (Å²) < 4.78 is 5.22. The molecule has 4 heteroatoms. The van der Waals surface area contributed by atoms with E-state index < -0.39 is 0 Å². The normalized spacial score (nSPS) is 25.0. The Hall–Kier alpha value is -1.55. The average Bonchev–Trinajstić information content (AvgIpc) is 3.21. The zero-order valence-electron chi connectivity index (χ0n) is 14.3. The number of likely N-dealkylation sites (tertiary alicyclic amines) is 2. The number of carbonyl (C=O) groups is 1. The van der Waals surface area contributed by atoms with Gasteiger partial charge in [0.1, 0.15) is 5.75 Å². The second kappa shape index (κ2) is 7.35. The first-order valence-corrected chi connectivity index (χ1v) is 8.83. The molecule has 0 aliphatic carbocycles. The Morgan fingerprint density at radius 2 is 1.83 bits per heavy atom. The van der Waals surface area contributed by atoms with Crippen molar-refractivity contribution in [3.63, 3.8) is 0 Å². The fourth-order valence-corrected chi connectivity index (χ4v) is 4.21. The van der Waals surface area contributed by atoms with Crippen LogP contribution in [0.2, 0.25) is 0 Å². The van der Waals surface area contributed by atoms with E-state index in [1.54, 1.807) is 14.0 Å². The molecule has 1 amide bonds. The maximum Gasteiger partial charge on any atom is 0.219 e. The molecule has 0 saturated carbocycles. The number of hydrogen-bond acceptors (Lipinski definition) is 3. The van der Waals surface area contributed by atoms with Gasteiger partial charge in [0.2, 0.25) is 5.91 Å². The predicted molar refractivity (Wildman–Crippen MR) is 91.7 cm³/mol. The quantitative estimate of drug-likeness (QED) is 0.837. The monoisotopic (exact) mass is 316 g/mol. The zero-order chi connectivity index (χ0) is 16.2. The van der Waals surface area contributed by atoms with Crippen LogP contribution < -0.4 is 4.74 Å². The molecule has 0 aromatic heterocycles. The van der Waals surface area contributed by atoms with Crippen molar-refractivity contribution >= 4 is 5.91 Å². The Morgan fingerprint density at radius 3 is 2.52 bits per heavy atom. The highest BCUT2D eigenvalue weighted by molar-refractivity contribution is 5.74. The lowest BCUT2D eigenvalue weighted by Gasteiger charge is -2.34. The van der Waals surface area contributed by atoms with Gasteiger partial charge in [-0.05, 0) is 56.3 Å². The van der Waals surface area contributed by atoms with Crippen molar-refractivity contribution in [2.24, 2.45) is 0 Å². The van der Waals surface area contributed by atoms with Crippen molar-refractivity contribution in [2.75, 3.05) is 26.7 Å². The summed E-state index contributed by atoms with van der Waals surface area (Å²) in [6, 6.07) is 9.37. The topological polar surface area (TPSA) is 32.8 Å². The van der Waals surface area contributed by atoms with Crippen molar-refractivity contribution in [3.8, 4) is 5.75 Å². The van der Waals surface area contributed by atoms with Gasteiger partial charge >= 0.3 is 0 Å². The molecule has 2 fully saturated rings. The molecule has 126 valence electrons. The Bertz CT molecular complexity index is 529. The van der Waals surface area contributed by atoms with Gasteiger partial charge in [0.25, 0.3) is 0 Å². The average molecular weight is 316 g/mol. The van der Waals surface area contributed by atoms with Gasteiger partial charge < -0.3 is 9.64 Å². The highest BCUT2D eigenvalue weighted by atomic mass is 16.5. The lowest BCUT2D eigenvalue weighted by atomic mass is 10.0. The summed E-state index contributed by atoms with van der Waals surface area (Å²) in [4.78, 5) is 16.6. The molecule has 2 aliphatic heterocycles. The fourth-order valence-electron chi connectivity index (χ4n) is 4.21. The van der Waals surface area contributed by atoms with Gasteiger partial charge in [-0.2, -0.15) is 0 Å². The molecule has 0 radical (unpaired) electrons. The van der Waals surface area contributed by atoms with Gasteiger partial charge in [-0.15, -0.1) is 0 Å². The molecule has 1 aromatic carbocycles. The fraction of sp³-hybridized carbons (Fsp3) is 0.632. The molecule has 0 spiro atoms. The van der Waals surface area contributed by atoms with Crippen molar-refractivity contribution in [1.29, 1.82) is 0 Å². The van der Waals surface area contributed by atoms with E-state index in [4.69, 9.17) is 4.74 Å². The van der Waals surface area contributed by atoms with Gasteiger partial charge in [-0.1, -0.05) is 12.1 Å². The zero-order valence-corrected chi connectivity index (χ0v) is 14.3. The molecule has 2 heterocycles. The highest BCUT2D eigenvalue weighted by Gasteiger charge is 2.38. The third-order valence-corrected chi connectivity index (χ3v) is 5.41. The summed E-state index contributed by atoms with van der Waals surface area (Å²) >= 11 is 0. The van der Waals surface area contributed by atoms with Gasteiger partial charge in [-0.25, -0.2) is 0 Å². The molecule has 0 N–H and O–H groups in total. The minimum absolute atomic E-state index is 0.245. The summed E-state index contributed by atoms with van der Waals surface area (Å²) in [6.07, 6.45) is 5.89.